The maximum Gasteiger partial charge on any atom is 0.265 e. The minimum Gasteiger partial charge on any atom is -0.348 e. The van der Waals surface area contributed by atoms with Gasteiger partial charge >= 0.3 is 0 Å². The Morgan fingerprint density at radius 2 is 1.86 bits per heavy atom. The summed E-state index contributed by atoms with van der Waals surface area (Å²) in [6, 6.07) is 17.8. The van der Waals surface area contributed by atoms with Gasteiger partial charge in [0.2, 0.25) is 0 Å². The van der Waals surface area contributed by atoms with Gasteiger partial charge in [0.1, 0.15) is 0 Å². The van der Waals surface area contributed by atoms with Gasteiger partial charge in [-0.3, -0.25) is 0 Å². The highest BCUT2D eigenvalue weighted by Gasteiger charge is 2.26. The Morgan fingerprint density at radius 1 is 1.06 bits per heavy atom. The SMILES string of the molecule is [C-]#[N+]/C(C#N)=C1/C=C2C=C(N(C)c3ccc4c(c3)c3ccccc3n4CCCCCC)CCC2CC1. The summed E-state index contributed by atoms with van der Waals surface area (Å²) in [7, 11) is 2.16. The number of unbranched alkanes of at least 4 members (excludes halogenated alkanes) is 3. The van der Waals surface area contributed by atoms with Crippen molar-refractivity contribution >= 4 is 27.5 Å². The van der Waals surface area contributed by atoms with Crippen molar-refractivity contribution in [3.05, 3.63) is 88.6 Å². The van der Waals surface area contributed by atoms with Gasteiger partial charge in [0.15, 0.2) is 0 Å². The quantitative estimate of drug-likeness (QED) is 0.195. The molecule has 1 atom stereocenters. The van der Waals surface area contributed by atoms with Crippen LogP contribution < -0.4 is 4.90 Å². The van der Waals surface area contributed by atoms with E-state index in [1.54, 1.807) is 0 Å². The molecule has 1 aromatic heterocycles. The average Bonchev–Trinajstić information content (AvgIpc) is 3.24. The van der Waals surface area contributed by atoms with Crippen molar-refractivity contribution in [2.45, 2.75) is 64.8 Å². The Hall–Kier alpha value is -3.76. The lowest BCUT2D eigenvalue weighted by molar-refractivity contribution is 0.495. The molecule has 0 N–H and O–H groups in total. The Balaban J connectivity index is 1.49. The van der Waals surface area contributed by atoms with E-state index in [2.05, 4.69) is 89.0 Å². The van der Waals surface area contributed by atoms with Crippen molar-refractivity contribution in [1.82, 2.24) is 4.57 Å². The van der Waals surface area contributed by atoms with Crippen LogP contribution in [0.15, 0.2) is 77.2 Å². The number of fused-ring (bicyclic) bond motifs is 4. The van der Waals surface area contributed by atoms with E-state index in [1.807, 2.05) is 0 Å². The fraction of sp³-hybridized carbons (Fsp3) is 0.375. The van der Waals surface area contributed by atoms with Gasteiger partial charge in [-0.05, 0) is 79.5 Å². The lowest BCUT2D eigenvalue weighted by Gasteiger charge is -2.33. The molecule has 182 valence electrons. The number of anilines is 1. The minimum atomic E-state index is 0.242. The summed E-state index contributed by atoms with van der Waals surface area (Å²) < 4.78 is 2.50. The molecule has 2 aliphatic carbocycles. The first-order valence-electron chi connectivity index (χ1n) is 13.3. The summed E-state index contributed by atoms with van der Waals surface area (Å²) in [6.07, 6.45) is 13.5. The Kier molecular flexibility index (Phi) is 6.97. The van der Waals surface area contributed by atoms with Crippen molar-refractivity contribution in [3.8, 4) is 6.07 Å². The molecule has 0 amide bonds. The van der Waals surface area contributed by atoms with E-state index >= 15 is 0 Å². The summed E-state index contributed by atoms with van der Waals surface area (Å²) in [6.45, 7) is 10.6. The molecule has 0 fully saturated rings. The minimum absolute atomic E-state index is 0.242. The predicted octanol–water partition coefficient (Wildman–Crippen LogP) is 8.52. The molecule has 2 aromatic carbocycles. The number of para-hydroxylation sites is 1. The van der Waals surface area contributed by atoms with Crippen LogP contribution in [0.1, 0.15) is 58.3 Å². The number of allylic oxidation sites excluding steroid dienone is 6. The van der Waals surface area contributed by atoms with E-state index in [0.29, 0.717) is 5.92 Å². The van der Waals surface area contributed by atoms with E-state index in [9.17, 15) is 5.26 Å². The van der Waals surface area contributed by atoms with Crippen molar-refractivity contribution in [2.75, 3.05) is 11.9 Å². The maximum atomic E-state index is 9.32. The van der Waals surface area contributed by atoms with Gasteiger partial charge < -0.3 is 9.47 Å². The van der Waals surface area contributed by atoms with Crippen molar-refractivity contribution in [1.29, 1.82) is 5.26 Å². The molecule has 4 nitrogen and oxygen atoms in total. The van der Waals surface area contributed by atoms with Gasteiger partial charge in [-0.2, -0.15) is 0 Å². The molecule has 0 aliphatic heterocycles. The van der Waals surface area contributed by atoms with Crippen LogP contribution in [0.3, 0.4) is 0 Å². The molecule has 0 saturated carbocycles. The van der Waals surface area contributed by atoms with E-state index < -0.39 is 0 Å². The number of hydrogen-bond donors (Lipinski definition) is 0. The number of benzene rings is 2. The molecule has 0 bridgehead atoms. The molecule has 4 heteroatoms. The van der Waals surface area contributed by atoms with Crippen molar-refractivity contribution in [3.63, 3.8) is 0 Å². The van der Waals surface area contributed by atoms with Crippen LogP contribution in [-0.4, -0.2) is 11.6 Å². The third-order valence-electron chi connectivity index (χ3n) is 7.99. The van der Waals surface area contributed by atoms with E-state index in [4.69, 9.17) is 6.57 Å². The fourth-order valence-corrected chi connectivity index (χ4v) is 5.92. The Bertz CT molecular complexity index is 1450. The number of nitriles is 1. The first-order chi connectivity index (χ1) is 17.6. The van der Waals surface area contributed by atoms with Crippen LogP contribution in [0.5, 0.6) is 0 Å². The van der Waals surface area contributed by atoms with Gasteiger partial charge in [0.05, 0.1) is 12.6 Å². The van der Waals surface area contributed by atoms with Gasteiger partial charge in [-0.15, -0.1) is 0 Å². The summed E-state index contributed by atoms with van der Waals surface area (Å²) in [5.41, 5.74) is 7.54. The Labute approximate surface area is 214 Å². The normalized spacial score (nSPS) is 18.7. The van der Waals surface area contributed by atoms with Gasteiger partial charge in [-0.25, -0.2) is 10.1 Å². The van der Waals surface area contributed by atoms with Gasteiger partial charge in [0, 0.05) is 46.8 Å². The molecule has 1 unspecified atom stereocenters. The lowest BCUT2D eigenvalue weighted by atomic mass is 9.78. The summed E-state index contributed by atoms with van der Waals surface area (Å²) in [4.78, 5) is 5.77. The number of hydrogen-bond acceptors (Lipinski definition) is 2. The predicted molar refractivity (Wildman–Crippen MR) is 149 cm³/mol. The van der Waals surface area contributed by atoms with Crippen LogP contribution >= 0.6 is 0 Å². The van der Waals surface area contributed by atoms with Crippen LogP contribution in [-0.2, 0) is 6.54 Å². The number of aromatic nitrogens is 1. The Morgan fingerprint density at radius 3 is 2.67 bits per heavy atom. The second kappa shape index (κ2) is 10.5. The number of aryl methyl sites for hydroxylation is 1. The van der Waals surface area contributed by atoms with Crippen molar-refractivity contribution < 1.29 is 0 Å². The summed E-state index contributed by atoms with van der Waals surface area (Å²) in [5.74, 6) is 0.532. The van der Waals surface area contributed by atoms with Crippen LogP contribution in [0.4, 0.5) is 5.69 Å². The zero-order valence-electron chi connectivity index (χ0n) is 21.4. The molecule has 36 heavy (non-hydrogen) atoms. The third-order valence-corrected chi connectivity index (χ3v) is 7.99. The average molecular weight is 475 g/mol. The molecule has 0 saturated heterocycles. The standard InChI is InChI=1S/C32H34N4/c1-4-5-6-9-18-36-31-11-8-7-10-28(31)29-21-27(16-17-32(29)36)35(3)26-15-14-23-12-13-24(19-25(23)20-26)30(22-33)34-2/h7-8,10-11,16-17,19-21,23H,4-6,9,12-15,18H2,1,3H3/b30-24+. The molecular formula is C32H34N4. The lowest BCUT2D eigenvalue weighted by Crippen LogP contribution is -2.22. The number of nitrogens with zero attached hydrogens (tertiary/aromatic N) is 4. The second-order valence-corrected chi connectivity index (χ2v) is 10.1. The highest BCUT2D eigenvalue weighted by molar-refractivity contribution is 6.09. The maximum absolute atomic E-state index is 9.32. The zero-order chi connectivity index (χ0) is 25.1. The molecular weight excluding hydrogens is 440 g/mol. The largest absolute Gasteiger partial charge is 0.348 e. The monoisotopic (exact) mass is 474 g/mol. The highest BCUT2D eigenvalue weighted by Crippen LogP contribution is 2.40. The van der Waals surface area contributed by atoms with Crippen LogP contribution in [0.2, 0.25) is 0 Å². The van der Waals surface area contributed by atoms with Crippen LogP contribution in [0.25, 0.3) is 26.7 Å². The summed E-state index contributed by atoms with van der Waals surface area (Å²) >= 11 is 0. The van der Waals surface area contributed by atoms with Gasteiger partial charge in [0.25, 0.3) is 5.70 Å². The first-order valence-corrected chi connectivity index (χ1v) is 13.3. The fourth-order valence-electron chi connectivity index (χ4n) is 5.92. The topological polar surface area (TPSA) is 36.3 Å². The molecule has 0 radical (unpaired) electrons. The molecule has 2 aliphatic rings. The summed E-state index contributed by atoms with van der Waals surface area (Å²) in [5, 5.41) is 12.0. The molecule has 1 heterocycles. The second-order valence-electron chi connectivity index (χ2n) is 10.1. The van der Waals surface area contributed by atoms with E-state index in [-0.39, 0.29) is 5.70 Å². The molecule has 0 spiro atoms. The number of rotatable bonds is 7. The van der Waals surface area contributed by atoms with E-state index in [0.717, 1.165) is 37.8 Å². The van der Waals surface area contributed by atoms with E-state index in [1.165, 1.54) is 64.4 Å². The zero-order valence-corrected chi connectivity index (χ0v) is 21.4. The first kappa shape index (κ1) is 24.0. The smallest absolute Gasteiger partial charge is 0.265 e. The molecule has 3 aromatic rings. The molecule has 5 rings (SSSR count). The highest BCUT2D eigenvalue weighted by atomic mass is 15.1. The van der Waals surface area contributed by atoms with Crippen molar-refractivity contribution in [2.24, 2.45) is 5.92 Å². The third kappa shape index (κ3) is 4.45. The van der Waals surface area contributed by atoms with Crippen LogP contribution in [0, 0.1) is 23.8 Å². The van der Waals surface area contributed by atoms with Gasteiger partial charge in [-0.1, -0.05) is 50.5 Å².